The van der Waals surface area contributed by atoms with E-state index in [1.54, 1.807) is 12.5 Å². The number of anilines is 1. The summed E-state index contributed by atoms with van der Waals surface area (Å²) in [5.41, 5.74) is 1.14. The normalized spacial score (nSPS) is 19.2. The van der Waals surface area contributed by atoms with Gasteiger partial charge in [0.15, 0.2) is 0 Å². The van der Waals surface area contributed by atoms with Crippen LogP contribution in [0.1, 0.15) is 25.7 Å². The van der Waals surface area contributed by atoms with Gasteiger partial charge in [0, 0.05) is 13.1 Å². The summed E-state index contributed by atoms with van der Waals surface area (Å²) in [6.45, 7) is 2.31. The van der Waals surface area contributed by atoms with Crippen LogP contribution < -0.4 is 4.90 Å². The molecule has 0 aliphatic carbocycles. The molecule has 1 aliphatic rings. The Balaban J connectivity index is 2.02. The van der Waals surface area contributed by atoms with Crippen LogP contribution in [-0.2, 0) is 0 Å². The zero-order valence-corrected chi connectivity index (χ0v) is 7.20. The van der Waals surface area contributed by atoms with Gasteiger partial charge in [-0.2, -0.15) is 0 Å². The first-order chi connectivity index (χ1) is 5.97. The summed E-state index contributed by atoms with van der Waals surface area (Å²) in [5.74, 6) is 0. The van der Waals surface area contributed by atoms with E-state index in [9.17, 15) is 0 Å². The molecule has 0 bridgehead atoms. The molecule has 0 saturated carbocycles. The van der Waals surface area contributed by atoms with Gasteiger partial charge in [-0.25, -0.2) is 0 Å². The Hall–Kier alpha value is -0.990. The Morgan fingerprint density at radius 2 is 1.92 bits per heavy atom. The van der Waals surface area contributed by atoms with Crippen molar-refractivity contribution < 1.29 is 4.52 Å². The minimum absolute atomic E-state index is 1.14. The highest BCUT2D eigenvalue weighted by atomic mass is 16.5. The van der Waals surface area contributed by atoms with Crippen molar-refractivity contribution >= 4 is 5.69 Å². The minimum Gasteiger partial charge on any atom is -0.368 e. The molecule has 0 unspecified atom stereocenters. The minimum atomic E-state index is 1.14. The summed E-state index contributed by atoms with van der Waals surface area (Å²) in [6.07, 6.45) is 8.84. The molecule has 0 aromatic carbocycles. The molecule has 1 aromatic heterocycles. The van der Waals surface area contributed by atoms with Crippen molar-refractivity contribution in [3.05, 3.63) is 12.5 Å². The Kier molecular flexibility index (Phi) is 2.30. The van der Waals surface area contributed by atoms with Crippen molar-refractivity contribution in [3.8, 4) is 0 Å². The quantitative estimate of drug-likeness (QED) is 0.639. The van der Waals surface area contributed by atoms with Crippen molar-refractivity contribution in [2.75, 3.05) is 18.0 Å². The average molecular weight is 166 g/mol. The Morgan fingerprint density at radius 3 is 2.50 bits per heavy atom. The molecule has 1 aliphatic heterocycles. The first-order valence-electron chi connectivity index (χ1n) is 4.61. The summed E-state index contributed by atoms with van der Waals surface area (Å²) in [4.78, 5) is 2.35. The van der Waals surface area contributed by atoms with Crippen molar-refractivity contribution in [1.29, 1.82) is 0 Å². The molecule has 0 amide bonds. The van der Waals surface area contributed by atoms with Crippen LogP contribution in [0.4, 0.5) is 5.69 Å². The van der Waals surface area contributed by atoms with Gasteiger partial charge >= 0.3 is 0 Å². The van der Waals surface area contributed by atoms with Crippen LogP contribution in [0.15, 0.2) is 17.0 Å². The monoisotopic (exact) mass is 166 g/mol. The maximum Gasteiger partial charge on any atom is 0.147 e. The fourth-order valence-corrected chi connectivity index (χ4v) is 1.68. The number of hydrogen-bond acceptors (Lipinski definition) is 3. The molecular formula is C9H14N2O. The summed E-state index contributed by atoms with van der Waals surface area (Å²) in [5, 5.41) is 3.71. The molecule has 2 rings (SSSR count). The van der Waals surface area contributed by atoms with Gasteiger partial charge in [0.05, 0.1) is 11.9 Å². The molecule has 12 heavy (non-hydrogen) atoms. The topological polar surface area (TPSA) is 29.3 Å². The summed E-state index contributed by atoms with van der Waals surface area (Å²) in [6, 6.07) is 0. The molecule has 3 heteroatoms. The zero-order valence-electron chi connectivity index (χ0n) is 7.20. The van der Waals surface area contributed by atoms with Crippen LogP contribution in [0.25, 0.3) is 0 Å². The fraction of sp³-hybridized carbons (Fsp3) is 0.667. The molecule has 66 valence electrons. The van der Waals surface area contributed by atoms with Gasteiger partial charge in [0.2, 0.25) is 0 Å². The van der Waals surface area contributed by atoms with E-state index in [0.29, 0.717) is 0 Å². The van der Waals surface area contributed by atoms with Crippen LogP contribution in [-0.4, -0.2) is 18.2 Å². The van der Waals surface area contributed by atoms with Gasteiger partial charge in [-0.1, -0.05) is 18.0 Å². The maximum absolute atomic E-state index is 4.82. The number of aromatic nitrogens is 1. The van der Waals surface area contributed by atoms with Crippen LogP contribution in [0.5, 0.6) is 0 Å². The summed E-state index contributed by atoms with van der Waals surface area (Å²) in [7, 11) is 0. The van der Waals surface area contributed by atoms with Gasteiger partial charge in [0.1, 0.15) is 6.26 Å². The van der Waals surface area contributed by atoms with E-state index in [4.69, 9.17) is 4.52 Å². The fourth-order valence-electron chi connectivity index (χ4n) is 1.68. The number of hydrogen-bond donors (Lipinski definition) is 0. The second-order valence-corrected chi connectivity index (χ2v) is 3.28. The predicted molar refractivity (Wildman–Crippen MR) is 47.2 cm³/mol. The summed E-state index contributed by atoms with van der Waals surface area (Å²) < 4.78 is 4.82. The van der Waals surface area contributed by atoms with Crippen molar-refractivity contribution in [2.45, 2.75) is 25.7 Å². The third kappa shape index (κ3) is 1.60. The van der Waals surface area contributed by atoms with E-state index in [1.807, 2.05) is 0 Å². The average Bonchev–Trinajstić information content (AvgIpc) is 2.48. The highest BCUT2D eigenvalue weighted by molar-refractivity contribution is 5.40. The molecule has 0 radical (unpaired) electrons. The third-order valence-electron chi connectivity index (χ3n) is 2.39. The lowest BCUT2D eigenvalue weighted by Crippen LogP contribution is -2.23. The molecule has 0 atom stereocenters. The SMILES string of the molecule is c1nocc1N1CCCCCC1. The van der Waals surface area contributed by atoms with Crippen LogP contribution in [0.3, 0.4) is 0 Å². The second-order valence-electron chi connectivity index (χ2n) is 3.28. The van der Waals surface area contributed by atoms with E-state index < -0.39 is 0 Å². The molecule has 2 heterocycles. The zero-order chi connectivity index (χ0) is 8.23. The standard InChI is InChI=1S/C9H14N2O/c1-2-4-6-11(5-3-1)9-7-10-12-8-9/h7-8H,1-6H2. The first-order valence-corrected chi connectivity index (χ1v) is 4.61. The Bertz CT molecular complexity index is 212. The highest BCUT2D eigenvalue weighted by Crippen LogP contribution is 2.17. The molecule has 1 saturated heterocycles. The van der Waals surface area contributed by atoms with E-state index in [-0.39, 0.29) is 0 Å². The van der Waals surface area contributed by atoms with Gasteiger partial charge in [-0.05, 0) is 12.8 Å². The van der Waals surface area contributed by atoms with Crippen LogP contribution in [0, 0.1) is 0 Å². The van der Waals surface area contributed by atoms with Gasteiger partial charge in [0.25, 0.3) is 0 Å². The molecule has 1 aromatic rings. The van der Waals surface area contributed by atoms with E-state index in [1.165, 1.54) is 25.7 Å². The summed E-state index contributed by atoms with van der Waals surface area (Å²) >= 11 is 0. The Labute approximate surface area is 72.3 Å². The van der Waals surface area contributed by atoms with E-state index in [2.05, 4.69) is 10.1 Å². The molecule has 0 spiro atoms. The van der Waals surface area contributed by atoms with Crippen molar-refractivity contribution in [1.82, 2.24) is 5.16 Å². The van der Waals surface area contributed by atoms with Gasteiger partial charge < -0.3 is 9.42 Å². The molecular weight excluding hydrogens is 152 g/mol. The van der Waals surface area contributed by atoms with Gasteiger partial charge in [-0.15, -0.1) is 0 Å². The molecule has 3 nitrogen and oxygen atoms in total. The smallest absolute Gasteiger partial charge is 0.147 e. The van der Waals surface area contributed by atoms with Crippen molar-refractivity contribution in [3.63, 3.8) is 0 Å². The second kappa shape index (κ2) is 3.61. The predicted octanol–water partition coefficient (Wildman–Crippen LogP) is 2.05. The lowest BCUT2D eigenvalue weighted by atomic mass is 10.2. The third-order valence-corrected chi connectivity index (χ3v) is 2.39. The first kappa shape index (κ1) is 7.65. The lowest BCUT2D eigenvalue weighted by molar-refractivity contribution is 0.419. The maximum atomic E-state index is 4.82. The number of rotatable bonds is 1. The van der Waals surface area contributed by atoms with Gasteiger partial charge in [-0.3, -0.25) is 0 Å². The van der Waals surface area contributed by atoms with Crippen LogP contribution in [0.2, 0.25) is 0 Å². The molecule has 0 N–H and O–H groups in total. The largest absolute Gasteiger partial charge is 0.368 e. The van der Waals surface area contributed by atoms with E-state index in [0.717, 1.165) is 18.8 Å². The lowest BCUT2D eigenvalue weighted by Gasteiger charge is -2.18. The number of nitrogens with zero attached hydrogens (tertiary/aromatic N) is 2. The molecule has 1 fully saturated rings. The Morgan fingerprint density at radius 1 is 1.17 bits per heavy atom. The highest BCUT2D eigenvalue weighted by Gasteiger charge is 2.10. The van der Waals surface area contributed by atoms with Crippen molar-refractivity contribution in [2.24, 2.45) is 0 Å². The van der Waals surface area contributed by atoms with Crippen LogP contribution >= 0.6 is 0 Å². The van der Waals surface area contributed by atoms with E-state index >= 15 is 0 Å².